The third kappa shape index (κ3) is 6.78. The van der Waals surface area contributed by atoms with Crippen molar-refractivity contribution in [2.24, 2.45) is 5.92 Å². The van der Waals surface area contributed by atoms with Crippen molar-refractivity contribution in [3.63, 3.8) is 0 Å². The van der Waals surface area contributed by atoms with Crippen LogP contribution in [0.15, 0.2) is 29.6 Å². The number of amides is 1. The van der Waals surface area contributed by atoms with Crippen LogP contribution in [0.1, 0.15) is 48.5 Å². The maximum absolute atomic E-state index is 12.1. The molecule has 0 spiro atoms. The number of benzene rings is 1. The van der Waals surface area contributed by atoms with Crippen LogP contribution in [0.5, 0.6) is 0 Å². The first-order valence-corrected chi connectivity index (χ1v) is 9.52. The van der Waals surface area contributed by atoms with Crippen molar-refractivity contribution in [3.05, 3.63) is 40.2 Å². The van der Waals surface area contributed by atoms with Crippen LogP contribution in [0.3, 0.4) is 0 Å². The fourth-order valence-corrected chi connectivity index (χ4v) is 3.28. The Kier molecular flexibility index (Phi) is 7.20. The summed E-state index contributed by atoms with van der Waals surface area (Å²) >= 11 is 1.62. The average Bonchev–Trinajstić information content (AvgIpc) is 3.02. The Morgan fingerprint density at radius 2 is 1.92 bits per heavy atom. The molecule has 0 unspecified atom stereocenters. The molecule has 2 rings (SSSR count). The maximum Gasteiger partial charge on any atom is 0.390 e. The van der Waals surface area contributed by atoms with E-state index in [4.69, 9.17) is 0 Å². The number of aryl methyl sites for hydroxylation is 1. The first-order chi connectivity index (χ1) is 12.2. The Morgan fingerprint density at radius 3 is 2.54 bits per heavy atom. The van der Waals surface area contributed by atoms with Crippen molar-refractivity contribution >= 4 is 17.2 Å². The zero-order chi connectivity index (χ0) is 19.2. The Labute approximate surface area is 155 Å². The van der Waals surface area contributed by atoms with Gasteiger partial charge in [0.1, 0.15) is 0 Å². The standard InChI is InChI=1S/C19H23F3N2OS/c1-13(2)4-3-5-17-24-16(12-26-17)14-6-8-15(9-7-14)18(25)23-11-10-19(20,21)22/h6-9,12-13H,3-5,10-11H2,1-2H3,(H,23,25). The highest BCUT2D eigenvalue weighted by atomic mass is 32.1. The van der Waals surface area contributed by atoms with Gasteiger partial charge >= 0.3 is 6.18 Å². The number of nitrogens with zero attached hydrogens (tertiary/aromatic N) is 1. The number of hydrogen-bond acceptors (Lipinski definition) is 3. The number of alkyl halides is 3. The van der Waals surface area contributed by atoms with Gasteiger partial charge in [0.2, 0.25) is 0 Å². The second kappa shape index (κ2) is 9.16. The highest BCUT2D eigenvalue weighted by Crippen LogP contribution is 2.24. The molecule has 0 aliphatic carbocycles. The van der Waals surface area contributed by atoms with Crippen molar-refractivity contribution in [2.45, 2.75) is 45.7 Å². The summed E-state index contributed by atoms with van der Waals surface area (Å²) in [5.41, 5.74) is 2.09. The second-order valence-corrected chi connectivity index (χ2v) is 7.55. The molecule has 0 fully saturated rings. The van der Waals surface area contributed by atoms with Crippen LogP contribution in [-0.2, 0) is 6.42 Å². The first kappa shape index (κ1) is 20.4. The monoisotopic (exact) mass is 384 g/mol. The molecule has 7 heteroatoms. The van der Waals surface area contributed by atoms with E-state index in [-0.39, 0.29) is 0 Å². The molecule has 142 valence electrons. The number of carbonyl (C=O) groups is 1. The van der Waals surface area contributed by atoms with Gasteiger partial charge in [0, 0.05) is 23.1 Å². The van der Waals surface area contributed by atoms with E-state index in [9.17, 15) is 18.0 Å². The summed E-state index contributed by atoms with van der Waals surface area (Å²) in [7, 11) is 0. The average molecular weight is 384 g/mol. The van der Waals surface area contributed by atoms with Crippen LogP contribution < -0.4 is 5.32 Å². The number of aromatic nitrogens is 1. The quantitative estimate of drug-likeness (QED) is 0.656. The molecular formula is C19H23F3N2OS. The summed E-state index contributed by atoms with van der Waals surface area (Å²) < 4.78 is 36.3. The molecule has 2 aromatic rings. The Balaban J connectivity index is 1.90. The second-order valence-electron chi connectivity index (χ2n) is 6.61. The minimum absolute atomic E-state index is 0.336. The lowest BCUT2D eigenvalue weighted by Gasteiger charge is -2.08. The molecule has 0 bridgehead atoms. The molecule has 1 amide bonds. The van der Waals surface area contributed by atoms with Crippen LogP contribution in [-0.4, -0.2) is 23.6 Å². The first-order valence-electron chi connectivity index (χ1n) is 8.64. The van der Waals surface area contributed by atoms with Crippen molar-refractivity contribution in [1.82, 2.24) is 10.3 Å². The minimum atomic E-state index is -4.27. The highest BCUT2D eigenvalue weighted by Gasteiger charge is 2.26. The Hall–Kier alpha value is -1.89. The molecule has 1 heterocycles. The summed E-state index contributed by atoms with van der Waals surface area (Å²) in [6, 6.07) is 6.75. The van der Waals surface area contributed by atoms with E-state index >= 15 is 0 Å². The van der Waals surface area contributed by atoms with Crippen LogP contribution in [0.4, 0.5) is 13.2 Å². The van der Waals surface area contributed by atoms with Gasteiger partial charge in [-0.2, -0.15) is 13.2 Å². The topological polar surface area (TPSA) is 42.0 Å². The molecule has 0 saturated carbocycles. The van der Waals surface area contributed by atoms with Gasteiger partial charge in [0.25, 0.3) is 5.91 Å². The van der Waals surface area contributed by atoms with E-state index < -0.39 is 25.0 Å². The minimum Gasteiger partial charge on any atom is -0.352 e. The van der Waals surface area contributed by atoms with Crippen molar-refractivity contribution in [3.8, 4) is 11.3 Å². The fraction of sp³-hybridized carbons (Fsp3) is 0.474. The lowest BCUT2D eigenvalue weighted by molar-refractivity contribution is -0.132. The number of halogens is 3. The Morgan fingerprint density at radius 1 is 1.23 bits per heavy atom. The molecule has 0 aliphatic heterocycles. The lowest BCUT2D eigenvalue weighted by atomic mass is 10.1. The lowest BCUT2D eigenvalue weighted by Crippen LogP contribution is -2.27. The van der Waals surface area contributed by atoms with Gasteiger partial charge in [-0.15, -0.1) is 11.3 Å². The molecule has 0 radical (unpaired) electrons. The zero-order valence-corrected chi connectivity index (χ0v) is 15.7. The van der Waals surface area contributed by atoms with E-state index in [2.05, 4.69) is 24.1 Å². The number of thiazole rings is 1. The van der Waals surface area contributed by atoms with Crippen molar-refractivity contribution < 1.29 is 18.0 Å². The van der Waals surface area contributed by atoms with E-state index in [1.54, 1.807) is 35.6 Å². The molecule has 3 nitrogen and oxygen atoms in total. The molecular weight excluding hydrogens is 361 g/mol. The smallest absolute Gasteiger partial charge is 0.352 e. The molecule has 1 aromatic heterocycles. The third-order valence-corrected chi connectivity index (χ3v) is 4.77. The van der Waals surface area contributed by atoms with Crippen LogP contribution in [0.25, 0.3) is 11.3 Å². The third-order valence-electron chi connectivity index (χ3n) is 3.86. The molecule has 1 N–H and O–H groups in total. The number of rotatable bonds is 8. The van der Waals surface area contributed by atoms with Crippen LogP contribution in [0.2, 0.25) is 0 Å². The van der Waals surface area contributed by atoms with Gasteiger partial charge in [-0.1, -0.05) is 32.4 Å². The maximum atomic E-state index is 12.1. The number of hydrogen-bond donors (Lipinski definition) is 1. The van der Waals surface area contributed by atoms with Gasteiger partial charge in [-0.05, 0) is 30.9 Å². The predicted octanol–water partition coefficient (Wildman–Crippen LogP) is 5.47. The molecule has 26 heavy (non-hydrogen) atoms. The largest absolute Gasteiger partial charge is 0.390 e. The van der Waals surface area contributed by atoms with E-state index in [0.717, 1.165) is 29.1 Å². The SMILES string of the molecule is CC(C)CCCc1nc(-c2ccc(C(=O)NCCC(F)(F)F)cc2)cs1. The summed E-state index contributed by atoms with van der Waals surface area (Å²) in [6.07, 6.45) is -2.05. The predicted molar refractivity (Wildman–Crippen MR) is 98.3 cm³/mol. The number of nitrogens with one attached hydrogen (secondary N) is 1. The molecule has 1 aromatic carbocycles. The van der Waals surface area contributed by atoms with Crippen LogP contribution >= 0.6 is 11.3 Å². The van der Waals surface area contributed by atoms with Crippen LogP contribution in [0, 0.1) is 5.92 Å². The van der Waals surface area contributed by atoms with Gasteiger partial charge in [0.15, 0.2) is 0 Å². The molecule has 0 aliphatic rings. The summed E-state index contributed by atoms with van der Waals surface area (Å²) in [5, 5.41) is 5.36. The molecule has 0 saturated heterocycles. The summed E-state index contributed by atoms with van der Waals surface area (Å²) in [6.45, 7) is 3.98. The number of carbonyl (C=O) groups excluding carboxylic acids is 1. The zero-order valence-electron chi connectivity index (χ0n) is 14.9. The van der Waals surface area contributed by atoms with E-state index in [0.29, 0.717) is 11.5 Å². The Bertz CT molecular complexity index is 708. The van der Waals surface area contributed by atoms with E-state index in [1.807, 2.05) is 5.38 Å². The highest BCUT2D eigenvalue weighted by molar-refractivity contribution is 7.09. The van der Waals surface area contributed by atoms with Gasteiger partial charge < -0.3 is 5.32 Å². The summed E-state index contributed by atoms with van der Waals surface area (Å²) in [5.74, 6) is 0.178. The van der Waals surface area contributed by atoms with Gasteiger partial charge in [-0.3, -0.25) is 4.79 Å². The normalized spacial score (nSPS) is 11.8. The fourth-order valence-electron chi connectivity index (χ4n) is 2.43. The van der Waals surface area contributed by atoms with Crippen molar-refractivity contribution in [2.75, 3.05) is 6.54 Å². The van der Waals surface area contributed by atoms with Crippen molar-refractivity contribution in [1.29, 1.82) is 0 Å². The van der Waals surface area contributed by atoms with Gasteiger partial charge in [-0.25, -0.2) is 4.98 Å². The van der Waals surface area contributed by atoms with E-state index in [1.165, 1.54) is 6.42 Å². The summed E-state index contributed by atoms with van der Waals surface area (Å²) in [4.78, 5) is 16.5. The molecule has 0 atom stereocenters. The van der Waals surface area contributed by atoms with Gasteiger partial charge in [0.05, 0.1) is 17.1 Å².